The van der Waals surface area contributed by atoms with Gasteiger partial charge in [0.25, 0.3) is 0 Å². The van der Waals surface area contributed by atoms with Crippen LogP contribution in [0.15, 0.2) is 43.7 Å². The van der Waals surface area contributed by atoms with E-state index in [2.05, 4.69) is 87.5 Å². The number of hydrogen-bond donors (Lipinski definition) is 2. The van der Waals surface area contributed by atoms with Crippen molar-refractivity contribution in [3.8, 4) is 0 Å². The van der Waals surface area contributed by atoms with Crippen LogP contribution in [0.25, 0.3) is 12.2 Å². The quantitative estimate of drug-likeness (QED) is 0.562. The van der Waals surface area contributed by atoms with E-state index in [-0.39, 0.29) is 0 Å². The van der Waals surface area contributed by atoms with Crippen molar-refractivity contribution >= 4 is 24.6 Å². The third-order valence-electron chi connectivity index (χ3n) is 7.07. The molecule has 2 aliphatic heterocycles. The zero-order valence-corrected chi connectivity index (χ0v) is 19.9. The van der Waals surface area contributed by atoms with E-state index in [0.717, 1.165) is 29.2 Å². The summed E-state index contributed by atoms with van der Waals surface area (Å²) in [4.78, 5) is 16.4. The molecule has 0 fully saturated rings. The number of rotatable bonds is 4. The first kappa shape index (κ1) is 21.1. The Labute approximate surface area is 185 Å². The fourth-order valence-corrected chi connectivity index (χ4v) is 4.06. The van der Waals surface area contributed by atoms with Gasteiger partial charge in [-0.2, -0.15) is 0 Å². The molecule has 4 nitrogen and oxygen atoms in total. The van der Waals surface area contributed by atoms with E-state index < -0.39 is 0 Å². The third kappa shape index (κ3) is 3.71. The number of hydrogen-bond acceptors (Lipinski definition) is 2. The second-order valence-corrected chi connectivity index (χ2v) is 8.90. The van der Waals surface area contributed by atoms with Crippen molar-refractivity contribution in [2.45, 2.75) is 61.8 Å². The van der Waals surface area contributed by atoms with Crippen LogP contribution in [0.5, 0.6) is 0 Å². The minimum absolute atomic E-state index is 0.847. The van der Waals surface area contributed by atoms with Gasteiger partial charge in [0.1, 0.15) is 0 Å². The number of aromatic nitrogens is 2. The number of H-pyrrole nitrogens is 2. The smallest absolute Gasteiger partial charge is 0.0682 e. The van der Waals surface area contributed by atoms with E-state index in [4.69, 9.17) is 0 Å². The van der Waals surface area contributed by atoms with Crippen LogP contribution in [0.2, 0.25) is 0 Å². The molecule has 0 saturated carbocycles. The van der Waals surface area contributed by atoms with Crippen molar-refractivity contribution in [2.24, 2.45) is 9.98 Å². The van der Waals surface area contributed by atoms with Gasteiger partial charge >= 0.3 is 0 Å². The highest BCUT2D eigenvalue weighted by atomic mass is 14.8. The number of aromatic amines is 2. The fraction of sp³-hybridized carbons (Fsp3) is 0.333. The zero-order chi connectivity index (χ0) is 22.4. The molecule has 4 heterocycles. The fourth-order valence-electron chi connectivity index (χ4n) is 4.06. The van der Waals surface area contributed by atoms with Gasteiger partial charge in [0.2, 0.25) is 0 Å². The summed E-state index contributed by atoms with van der Waals surface area (Å²) in [5, 5.41) is 0. The van der Waals surface area contributed by atoms with Gasteiger partial charge in [0.05, 0.1) is 11.4 Å². The molecule has 31 heavy (non-hydrogen) atoms. The maximum atomic E-state index is 4.56. The number of nitrogens with zero attached hydrogens (tertiary/aromatic N) is 2. The summed E-state index contributed by atoms with van der Waals surface area (Å²) in [6.45, 7) is 17.3. The largest absolute Gasteiger partial charge is 0.358 e. The van der Waals surface area contributed by atoms with Crippen LogP contribution in [0, 0.1) is 27.7 Å². The summed E-state index contributed by atoms with van der Waals surface area (Å²) >= 11 is 0. The van der Waals surface area contributed by atoms with Crippen molar-refractivity contribution < 1.29 is 0 Å². The molecule has 0 radical (unpaired) electrons. The van der Waals surface area contributed by atoms with E-state index >= 15 is 0 Å². The first-order chi connectivity index (χ1) is 14.7. The van der Waals surface area contributed by atoms with Gasteiger partial charge in [-0.25, -0.2) is 0 Å². The van der Waals surface area contributed by atoms with Gasteiger partial charge in [-0.15, -0.1) is 0 Å². The Hall–Kier alpha value is -3.14. The summed E-state index contributed by atoms with van der Waals surface area (Å²) in [5.41, 5.74) is 17.0. The summed E-state index contributed by atoms with van der Waals surface area (Å²) in [5.74, 6) is 0. The Morgan fingerprint density at radius 2 is 1.00 bits per heavy atom. The van der Waals surface area contributed by atoms with Crippen LogP contribution in [-0.2, 0) is 6.42 Å². The summed E-state index contributed by atoms with van der Waals surface area (Å²) in [7, 11) is 0. The number of nitrogens with one attached hydrogen (secondary N) is 2. The van der Waals surface area contributed by atoms with Crippen LogP contribution in [0.3, 0.4) is 0 Å². The Balaban J connectivity index is 1.66. The molecule has 0 aromatic carbocycles. The first-order valence-electron chi connectivity index (χ1n) is 10.9. The predicted molar refractivity (Wildman–Crippen MR) is 133 cm³/mol. The number of allylic oxidation sites excluding steroid dienone is 4. The molecule has 0 bridgehead atoms. The van der Waals surface area contributed by atoms with E-state index in [0.29, 0.717) is 0 Å². The molecular formula is C27H32N4. The Kier molecular flexibility index (Phi) is 5.34. The van der Waals surface area contributed by atoms with Crippen LogP contribution in [0.4, 0.5) is 0 Å². The highest BCUT2D eigenvalue weighted by Gasteiger charge is 2.17. The highest BCUT2D eigenvalue weighted by molar-refractivity contribution is 5.88. The van der Waals surface area contributed by atoms with Gasteiger partial charge in [0, 0.05) is 41.6 Å². The molecule has 2 aliphatic rings. The molecule has 0 amide bonds. The van der Waals surface area contributed by atoms with E-state index in [1.165, 1.54) is 55.9 Å². The van der Waals surface area contributed by atoms with Crippen LogP contribution in [-0.4, -0.2) is 22.4 Å². The molecule has 0 atom stereocenters. The van der Waals surface area contributed by atoms with Crippen molar-refractivity contribution in [2.75, 3.05) is 0 Å². The first-order valence-corrected chi connectivity index (χ1v) is 10.9. The lowest BCUT2D eigenvalue weighted by Gasteiger charge is -2.01. The molecular weight excluding hydrogens is 380 g/mol. The van der Waals surface area contributed by atoms with Crippen molar-refractivity contribution in [3.63, 3.8) is 0 Å². The molecule has 0 aliphatic carbocycles. The molecule has 4 heteroatoms. The predicted octanol–water partition coefficient (Wildman–Crippen LogP) is 6.69. The molecule has 160 valence electrons. The van der Waals surface area contributed by atoms with Gasteiger partial charge in [-0.1, -0.05) is 0 Å². The minimum Gasteiger partial charge on any atom is -0.358 e. The van der Waals surface area contributed by atoms with Crippen LogP contribution < -0.4 is 0 Å². The Bertz CT molecular complexity index is 1160. The summed E-state index contributed by atoms with van der Waals surface area (Å²) < 4.78 is 0. The molecule has 4 rings (SSSR count). The maximum absolute atomic E-state index is 4.56. The van der Waals surface area contributed by atoms with Crippen LogP contribution >= 0.6 is 0 Å². The minimum atomic E-state index is 0.847. The van der Waals surface area contributed by atoms with Gasteiger partial charge < -0.3 is 9.97 Å². The standard InChI is InChI=1S/C27H32N4/c1-14-12-28-22(16(14)3)9-24-18(5)20(7)26(30-24)11-27-21(8)19(6)25(31-27)10-23-17(4)15(2)13-29-23/h9-10,12-13,30-31H,11H2,1-8H3/b22-9-,23-10?. The second kappa shape index (κ2) is 7.84. The van der Waals surface area contributed by atoms with Crippen molar-refractivity contribution in [1.29, 1.82) is 0 Å². The lowest BCUT2D eigenvalue weighted by Crippen LogP contribution is -1.94. The van der Waals surface area contributed by atoms with Crippen molar-refractivity contribution in [3.05, 3.63) is 78.7 Å². The van der Waals surface area contributed by atoms with Gasteiger partial charge in [0.15, 0.2) is 0 Å². The summed E-state index contributed by atoms with van der Waals surface area (Å²) in [6.07, 6.45) is 9.08. The Morgan fingerprint density at radius 3 is 1.32 bits per heavy atom. The third-order valence-corrected chi connectivity index (χ3v) is 7.07. The maximum Gasteiger partial charge on any atom is 0.0682 e. The van der Waals surface area contributed by atoms with Crippen LogP contribution in [0.1, 0.15) is 72.7 Å². The van der Waals surface area contributed by atoms with E-state index in [9.17, 15) is 0 Å². The monoisotopic (exact) mass is 412 g/mol. The number of aliphatic imine (C=N–C) groups is 2. The SMILES string of the molecule is CC1=C(C)C(=Cc2[nH]c(Cc3[nH]c(/C=C4\N=CC(C)=C4C)c(C)c3C)c(C)c2C)N=C1. The second-order valence-electron chi connectivity index (χ2n) is 8.90. The normalized spacial score (nSPS) is 18.7. The molecule has 2 N–H and O–H groups in total. The summed E-state index contributed by atoms with van der Waals surface area (Å²) in [6, 6.07) is 0. The Morgan fingerprint density at radius 1 is 0.613 bits per heavy atom. The molecule has 0 unspecified atom stereocenters. The molecule has 0 spiro atoms. The van der Waals surface area contributed by atoms with E-state index in [1.807, 2.05) is 12.4 Å². The molecule has 2 aromatic heterocycles. The van der Waals surface area contributed by atoms with Gasteiger partial charge in [-0.05, 0) is 112 Å². The zero-order valence-electron chi connectivity index (χ0n) is 19.9. The topological polar surface area (TPSA) is 56.3 Å². The average molecular weight is 413 g/mol. The lowest BCUT2D eigenvalue weighted by atomic mass is 10.0. The highest BCUT2D eigenvalue weighted by Crippen LogP contribution is 2.30. The average Bonchev–Trinajstić information content (AvgIpc) is 3.40. The molecule has 2 aromatic rings. The van der Waals surface area contributed by atoms with Crippen molar-refractivity contribution in [1.82, 2.24) is 9.97 Å². The van der Waals surface area contributed by atoms with Gasteiger partial charge in [-0.3, -0.25) is 9.98 Å². The molecule has 0 saturated heterocycles. The van der Waals surface area contributed by atoms with E-state index in [1.54, 1.807) is 0 Å². The lowest BCUT2D eigenvalue weighted by molar-refractivity contribution is 1.02.